The van der Waals surface area contributed by atoms with Crippen molar-refractivity contribution < 1.29 is 9.53 Å². The van der Waals surface area contributed by atoms with Gasteiger partial charge in [0.1, 0.15) is 0 Å². The zero-order valence-corrected chi connectivity index (χ0v) is 8.19. The van der Waals surface area contributed by atoms with E-state index in [0.717, 1.165) is 12.8 Å². The Bertz CT molecular complexity index is 212. The van der Waals surface area contributed by atoms with E-state index in [4.69, 9.17) is 0 Å². The molecule has 2 heteroatoms. The average molecular weight is 180 g/mol. The molecule has 0 radical (unpaired) electrons. The topological polar surface area (TPSA) is 26.3 Å². The first-order chi connectivity index (χ1) is 6.31. The van der Waals surface area contributed by atoms with Crippen LogP contribution >= 0.6 is 0 Å². The second kappa shape index (κ2) is 8.78. The maximum absolute atomic E-state index is 10.6. The van der Waals surface area contributed by atoms with Crippen molar-refractivity contribution in [2.45, 2.75) is 19.8 Å². The summed E-state index contributed by atoms with van der Waals surface area (Å²) in [5.74, 6) is -0.321. The van der Waals surface area contributed by atoms with E-state index in [0.29, 0.717) is 0 Å². The number of esters is 1. The van der Waals surface area contributed by atoms with Crippen molar-refractivity contribution in [3.8, 4) is 0 Å². The molecule has 0 atom stereocenters. The fraction of sp³-hybridized carbons (Fsp3) is 0.364. The highest BCUT2D eigenvalue weighted by molar-refractivity contribution is 5.82. The van der Waals surface area contributed by atoms with Crippen LogP contribution in [-0.4, -0.2) is 13.1 Å². The maximum atomic E-state index is 10.6. The fourth-order valence-corrected chi connectivity index (χ4v) is 0.736. The lowest BCUT2D eigenvalue weighted by Crippen LogP contribution is -1.92. The summed E-state index contributed by atoms with van der Waals surface area (Å²) in [6, 6.07) is 0. The summed E-state index contributed by atoms with van der Waals surface area (Å²) < 4.78 is 4.42. The van der Waals surface area contributed by atoms with Gasteiger partial charge in [-0.3, -0.25) is 0 Å². The van der Waals surface area contributed by atoms with Crippen LogP contribution in [0.1, 0.15) is 19.8 Å². The van der Waals surface area contributed by atoms with E-state index in [9.17, 15) is 4.79 Å². The van der Waals surface area contributed by atoms with Gasteiger partial charge >= 0.3 is 5.97 Å². The zero-order valence-electron chi connectivity index (χ0n) is 8.19. The molecule has 0 aromatic carbocycles. The minimum Gasteiger partial charge on any atom is -0.466 e. The van der Waals surface area contributed by atoms with Crippen LogP contribution in [0.5, 0.6) is 0 Å². The van der Waals surface area contributed by atoms with Gasteiger partial charge in [0.05, 0.1) is 7.11 Å². The highest BCUT2D eigenvalue weighted by atomic mass is 16.5. The van der Waals surface area contributed by atoms with Crippen LogP contribution in [0.4, 0.5) is 0 Å². The van der Waals surface area contributed by atoms with Gasteiger partial charge in [-0.2, -0.15) is 0 Å². The quantitative estimate of drug-likeness (QED) is 0.214. The molecular formula is C11H16O2. The molecule has 0 spiro atoms. The number of hydrogen-bond donors (Lipinski definition) is 0. The molecule has 0 aromatic rings. The minimum absolute atomic E-state index is 0.321. The Kier molecular flexibility index (Phi) is 7.90. The monoisotopic (exact) mass is 180 g/mol. The standard InChI is InChI=1S/C11H16O2/c1-3-4-5-6-7-8-9-10-11(12)13-2/h3-4,7-10H,5-6H2,1-2H3/b4-3-,8-7?,10-9+. The minimum atomic E-state index is -0.321. The molecule has 0 fully saturated rings. The Hall–Kier alpha value is -1.31. The predicted octanol–water partition coefficient (Wildman–Crippen LogP) is 2.63. The molecule has 13 heavy (non-hydrogen) atoms. The van der Waals surface area contributed by atoms with E-state index in [-0.39, 0.29) is 5.97 Å². The summed E-state index contributed by atoms with van der Waals surface area (Å²) >= 11 is 0. The van der Waals surface area contributed by atoms with Gasteiger partial charge in [-0.15, -0.1) is 0 Å². The SMILES string of the molecule is C/C=C\CCC=C/C=C/C(=O)OC. The second-order valence-electron chi connectivity index (χ2n) is 2.46. The zero-order chi connectivity index (χ0) is 9.94. The third kappa shape index (κ3) is 8.60. The average Bonchev–Trinajstić information content (AvgIpc) is 2.16. The van der Waals surface area contributed by atoms with Crippen molar-refractivity contribution in [1.29, 1.82) is 0 Å². The van der Waals surface area contributed by atoms with Crippen molar-refractivity contribution >= 4 is 5.97 Å². The van der Waals surface area contributed by atoms with Gasteiger partial charge in [0.25, 0.3) is 0 Å². The predicted molar refractivity (Wildman–Crippen MR) is 54.3 cm³/mol. The number of rotatable bonds is 5. The highest BCUT2D eigenvalue weighted by Crippen LogP contribution is 1.92. The number of hydrogen-bond acceptors (Lipinski definition) is 2. The Labute approximate surface area is 79.6 Å². The molecule has 0 amide bonds. The molecule has 0 rings (SSSR count). The van der Waals surface area contributed by atoms with Crippen LogP contribution in [0.2, 0.25) is 0 Å². The summed E-state index contributed by atoms with van der Waals surface area (Å²) in [6.45, 7) is 2.00. The van der Waals surface area contributed by atoms with E-state index in [1.807, 2.05) is 25.2 Å². The van der Waals surface area contributed by atoms with E-state index < -0.39 is 0 Å². The van der Waals surface area contributed by atoms with Gasteiger partial charge in [0, 0.05) is 6.08 Å². The molecule has 2 nitrogen and oxygen atoms in total. The molecule has 0 N–H and O–H groups in total. The number of carbonyl (C=O) groups excluding carboxylic acids is 1. The maximum Gasteiger partial charge on any atom is 0.330 e. The normalized spacial score (nSPS) is 11.8. The lowest BCUT2D eigenvalue weighted by Gasteiger charge is -1.86. The smallest absolute Gasteiger partial charge is 0.330 e. The van der Waals surface area contributed by atoms with Gasteiger partial charge < -0.3 is 4.74 Å². The summed E-state index contributed by atoms with van der Waals surface area (Å²) in [7, 11) is 1.36. The Morgan fingerprint density at radius 3 is 2.54 bits per heavy atom. The molecule has 0 heterocycles. The summed E-state index contributed by atoms with van der Waals surface area (Å²) in [4.78, 5) is 10.6. The van der Waals surface area contributed by atoms with Gasteiger partial charge in [-0.25, -0.2) is 4.79 Å². The van der Waals surface area contributed by atoms with Crippen LogP contribution < -0.4 is 0 Å². The van der Waals surface area contributed by atoms with Crippen molar-refractivity contribution in [2.75, 3.05) is 7.11 Å². The lowest BCUT2D eigenvalue weighted by atomic mass is 10.2. The molecule has 0 saturated carbocycles. The number of ether oxygens (including phenoxy) is 1. The number of methoxy groups -OCH3 is 1. The van der Waals surface area contributed by atoms with E-state index in [2.05, 4.69) is 10.8 Å². The molecule has 0 saturated heterocycles. The van der Waals surface area contributed by atoms with Gasteiger partial charge in [0.2, 0.25) is 0 Å². The van der Waals surface area contributed by atoms with Crippen LogP contribution in [0.3, 0.4) is 0 Å². The van der Waals surface area contributed by atoms with E-state index >= 15 is 0 Å². The Morgan fingerprint density at radius 1 is 1.23 bits per heavy atom. The molecule has 72 valence electrons. The summed E-state index contributed by atoms with van der Waals surface area (Å²) in [5.41, 5.74) is 0. The van der Waals surface area contributed by atoms with Crippen LogP contribution in [0, 0.1) is 0 Å². The number of unbranched alkanes of at least 4 members (excludes halogenated alkanes) is 1. The van der Waals surface area contributed by atoms with Crippen LogP contribution in [0.15, 0.2) is 36.5 Å². The molecule has 0 aliphatic rings. The molecular weight excluding hydrogens is 164 g/mol. The molecule has 0 aliphatic carbocycles. The second-order valence-corrected chi connectivity index (χ2v) is 2.46. The van der Waals surface area contributed by atoms with Crippen molar-refractivity contribution in [2.24, 2.45) is 0 Å². The number of carbonyl (C=O) groups is 1. The fourth-order valence-electron chi connectivity index (χ4n) is 0.736. The van der Waals surface area contributed by atoms with Crippen molar-refractivity contribution in [1.82, 2.24) is 0 Å². The van der Waals surface area contributed by atoms with Crippen LogP contribution in [0.25, 0.3) is 0 Å². The van der Waals surface area contributed by atoms with Crippen LogP contribution in [-0.2, 0) is 9.53 Å². The van der Waals surface area contributed by atoms with Gasteiger partial charge in [-0.05, 0) is 19.8 Å². The van der Waals surface area contributed by atoms with E-state index in [1.165, 1.54) is 13.2 Å². The van der Waals surface area contributed by atoms with E-state index in [1.54, 1.807) is 6.08 Å². The van der Waals surface area contributed by atoms with Gasteiger partial charge in [0.15, 0.2) is 0 Å². The lowest BCUT2D eigenvalue weighted by molar-refractivity contribution is -0.134. The summed E-state index contributed by atoms with van der Waals surface area (Å²) in [6.07, 6.45) is 13.1. The third-order valence-electron chi connectivity index (χ3n) is 1.42. The molecule has 0 aliphatic heterocycles. The third-order valence-corrected chi connectivity index (χ3v) is 1.42. The first-order valence-electron chi connectivity index (χ1n) is 4.33. The largest absolute Gasteiger partial charge is 0.466 e. The van der Waals surface area contributed by atoms with Crippen molar-refractivity contribution in [3.05, 3.63) is 36.5 Å². The first-order valence-corrected chi connectivity index (χ1v) is 4.33. The first kappa shape index (κ1) is 11.7. The Morgan fingerprint density at radius 2 is 1.92 bits per heavy atom. The van der Waals surface area contributed by atoms with Gasteiger partial charge in [-0.1, -0.05) is 30.4 Å². The number of allylic oxidation sites excluding steroid dienone is 5. The summed E-state index contributed by atoms with van der Waals surface area (Å²) in [5, 5.41) is 0. The molecule has 0 bridgehead atoms. The Balaban J connectivity index is 3.51. The van der Waals surface area contributed by atoms with Crippen molar-refractivity contribution in [3.63, 3.8) is 0 Å². The molecule has 0 aromatic heterocycles. The molecule has 0 unspecified atom stereocenters. The highest BCUT2D eigenvalue weighted by Gasteiger charge is 1.85.